The number of nitrogens with one attached hydrogen (secondary N) is 2. The van der Waals surface area contributed by atoms with E-state index in [4.69, 9.17) is 73.2 Å². The van der Waals surface area contributed by atoms with Gasteiger partial charge in [-0.3, -0.25) is 9.80 Å². The zero-order valence-corrected chi connectivity index (χ0v) is 83.8. The predicted octanol–water partition coefficient (Wildman–Crippen LogP) is 29.1. The molecule has 8 aromatic heterocycles. The Hall–Kier alpha value is -13.0. The van der Waals surface area contributed by atoms with Crippen molar-refractivity contribution in [2.24, 2.45) is 20.5 Å². The first-order valence-corrected chi connectivity index (χ1v) is 49.1. The van der Waals surface area contributed by atoms with E-state index in [0.29, 0.717) is 73.2 Å². The molecule has 0 spiro atoms. The van der Waals surface area contributed by atoms with E-state index in [1.807, 2.05) is 64.1 Å². The second kappa shape index (κ2) is 39.6. The molecule has 2 N–H and O–H groups in total. The topological polar surface area (TPSA) is 292 Å². The van der Waals surface area contributed by atoms with Gasteiger partial charge in [0.05, 0.1) is 63.6 Å². The molecule has 0 saturated heterocycles. The first kappa shape index (κ1) is 95.1. The summed E-state index contributed by atoms with van der Waals surface area (Å²) >= 11 is 6.35. The maximum Gasteiger partial charge on any atom is 0.425 e. The minimum atomic E-state index is -3.11. The Labute approximate surface area is 790 Å². The summed E-state index contributed by atoms with van der Waals surface area (Å²) in [6, 6.07) is 51.6. The largest absolute Gasteiger partial charge is 0.425 e. The maximum atomic E-state index is 10.8. The number of hydrogen-bond donors (Lipinski definition) is 2. The Balaban J connectivity index is 0.000000204. The standard InChI is InChI=1S/C54H60N10S2.C50H52N10S2.O3S/c1-15-36-25-31(7)34(10)38(17-3)47(36)59-50-46(60-61-51-40(28-55)49(54(12,13)14)62-64(51)53-57-42-22-20-30(6)24-44(42)66-53)33(9)27-45(58-50)63(52-56-41-21-19-29(5)23-43(41)65-52)48-37(16-2)26-32(8)35(11)39(48)18-4;1-11-32-23-29(5)24-33(12-2)43(32)55-46-42(56-57-47-36(28-51)45(50(8,9)10)58-60(47)49-53-38-20-16-18-22-40(38)62-49)31(7)27-41(54-46)59(48-52-37-19-15-17-21-39(37)61-48)44-34(13-3)25-30(6)26-35(44)14-4;1-4(2)3/h19-27H,15-18H2,1-14H3,(H,58,59);15-27H,11-14H2,1-10H3,(H,54,55);. The van der Waals surface area contributed by atoms with Crippen molar-refractivity contribution >= 4 is 176 Å². The van der Waals surface area contributed by atoms with Crippen molar-refractivity contribution in [3.8, 4) is 22.4 Å². The van der Waals surface area contributed by atoms with Crippen molar-refractivity contribution in [2.75, 3.05) is 20.4 Å². The molecule has 23 nitrogen and oxygen atoms in total. The molecule has 676 valence electrons. The lowest BCUT2D eigenvalue weighted by Crippen LogP contribution is -2.18. The molecule has 28 heteroatoms. The summed E-state index contributed by atoms with van der Waals surface area (Å²) in [5.74, 6) is 3.18. The molecular weight excluding hydrogens is 1740 g/mol. The molecule has 0 saturated carbocycles. The number of aromatic nitrogens is 10. The second-order valence-electron chi connectivity index (χ2n) is 35.4. The highest BCUT2D eigenvalue weighted by Crippen LogP contribution is 2.51. The molecule has 0 unspecified atom stereocenters. The lowest BCUT2D eigenvalue weighted by molar-refractivity contribution is 0.558. The van der Waals surface area contributed by atoms with Crippen LogP contribution < -0.4 is 20.4 Å². The zero-order chi connectivity index (χ0) is 94.8. The van der Waals surface area contributed by atoms with Gasteiger partial charge in [0.2, 0.25) is 10.3 Å². The van der Waals surface area contributed by atoms with Crippen LogP contribution in [0.25, 0.3) is 51.1 Å². The number of azo groups is 2. The SMILES string of the molecule is CCc1cc(C)c(C)c(CC)c1Nc1nc(N(c2nc3ccc(C)cc3s2)c2c(CC)cc(C)c(C)c2CC)cc(C)c1N=Nc1c(C#N)c(C(C)(C)C)nn1-c1nc2ccc(C)cc2s1.CCc1cc(C)cc(CC)c1Nc1nc(N(c2nc3ccccc3s2)c2c(CC)cc(C)cc2CC)cc(C)c1N=Nc1c(C#N)c(C(C)(C)C)nn1-c1nc2ccccc2s1.O=S(=O)=O. The summed E-state index contributed by atoms with van der Waals surface area (Å²) in [6.45, 7) is 51.4. The minimum Gasteiger partial charge on any atom is -0.338 e. The van der Waals surface area contributed by atoms with E-state index in [1.165, 1.54) is 106 Å². The lowest BCUT2D eigenvalue weighted by Gasteiger charge is -2.29. The molecule has 0 aliphatic carbocycles. The van der Waals surface area contributed by atoms with E-state index in [0.717, 1.165) is 148 Å². The lowest BCUT2D eigenvalue weighted by atomic mass is 9.89. The summed E-state index contributed by atoms with van der Waals surface area (Å²) in [4.78, 5) is 36.1. The molecular formula is C104H112N20O3S5. The highest BCUT2D eigenvalue weighted by atomic mass is 32.2. The van der Waals surface area contributed by atoms with Crippen LogP contribution in [0.4, 0.5) is 79.3 Å². The fraction of sp³-hybridized carbons (Fsp3) is 0.327. The smallest absolute Gasteiger partial charge is 0.338 e. The first-order valence-electron chi connectivity index (χ1n) is 44.9. The van der Waals surface area contributed by atoms with E-state index in [-0.39, 0.29) is 0 Å². The van der Waals surface area contributed by atoms with Crippen molar-refractivity contribution in [3.05, 3.63) is 256 Å². The van der Waals surface area contributed by atoms with Crippen molar-refractivity contribution in [2.45, 2.75) is 228 Å². The highest BCUT2D eigenvalue weighted by molar-refractivity contribution is 7.59. The van der Waals surface area contributed by atoms with Crippen molar-refractivity contribution in [3.63, 3.8) is 0 Å². The average molecular weight is 1850 g/mol. The van der Waals surface area contributed by atoms with Gasteiger partial charge in [-0.25, -0.2) is 29.9 Å². The van der Waals surface area contributed by atoms with Crippen LogP contribution in [0.2, 0.25) is 0 Å². The van der Waals surface area contributed by atoms with Crippen LogP contribution in [-0.2, 0) is 72.8 Å². The van der Waals surface area contributed by atoms with E-state index >= 15 is 0 Å². The van der Waals surface area contributed by atoms with Crippen LogP contribution in [-0.4, -0.2) is 62.1 Å². The Morgan fingerprint density at radius 3 is 1.18 bits per heavy atom. The van der Waals surface area contributed by atoms with E-state index < -0.39 is 21.4 Å². The number of nitriles is 2. The van der Waals surface area contributed by atoms with Gasteiger partial charge < -0.3 is 10.6 Å². The maximum absolute atomic E-state index is 10.8. The molecule has 132 heavy (non-hydrogen) atoms. The molecule has 0 aliphatic rings. The summed E-state index contributed by atoms with van der Waals surface area (Å²) in [5, 5.41) is 62.3. The first-order chi connectivity index (χ1) is 63.1. The molecule has 16 aromatic rings. The molecule has 0 atom stereocenters. The van der Waals surface area contributed by atoms with Gasteiger partial charge in [0.25, 0.3) is 0 Å². The van der Waals surface area contributed by atoms with Gasteiger partial charge in [-0.05, 0) is 270 Å². The summed E-state index contributed by atoms with van der Waals surface area (Å²) < 4.78 is 33.0. The molecule has 8 heterocycles. The van der Waals surface area contributed by atoms with Gasteiger partial charge in [0, 0.05) is 22.2 Å². The van der Waals surface area contributed by atoms with E-state index in [9.17, 15) is 10.5 Å². The number of nitrogens with zero attached hydrogens (tertiary/aromatic N) is 18. The second-order valence-corrected chi connectivity index (χ2v) is 39.8. The molecule has 0 amide bonds. The van der Waals surface area contributed by atoms with Gasteiger partial charge in [-0.15, -0.1) is 33.1 Å². The number of anilines is 10. The van der Waals surface area contributed by atoms with E-state index in [1.54, 1.807) is 32.0 Å². The number of rotatable bonds is 24. The molecule has 8 aromatic carbocycles. The van der Waals surface area contributed by atoms with Crippen LogP contribution in [0.1, 0.15) is 220 Å². The zero-order valence-electron chi connectivity index (χ0n) is 79.7. The Kier molecular flexibility index (Phi) is 28.5. The monoisotopic (exact) mass is 1850 g/mol. The summed E-state index contributed by atoms with van der Waals surface area (Å²) in [6.07, 6.45) is 6.67. The van der Waals surface area contributed by atoms with Crippen molar-refractivity contribution in [1.82, 2.24) is 49.5 Å². The number of benzene rings is 8. The van der Waals surface area contributed by atoms with Gasteiger partial charge in [0.15, 0.2) is 33.5 Å². The Morgan fingerprint density at radius 1 is 0.386 bits per heavy atom. The molecule has 16 rings (SSSR count). The number of thiazole rings is 4. The van der Waals surface area contributed by atoms with Crippen molar-refractivity contribution < 1.29 is 12.6 Å². The third-order valence-electron chi connectivity index (χ3n) is 23.9. The molecule has 0 aliphatic heterocycles. The van der Waals surface area contributed by atoms with Crippen LogP contribution in [0.15, 0.2) is 154 Å². The number of fused-ring (bicyclic) bond motifs is 4. The van der Waals surface area contributed by atoms with Crippen LogP contribution in [0.5, 0.6) is 0 Å². The average Bonchev–Trinajstić information content (AvgIpc) is 1.42. The third-order valence-corrected chi connectivity index (χ3v) is 27.9. The van der Waals surface area contributed by atoms with Gasteiger partial charge in [-0.2, -0.15) is 30.1 Å². The number of para-hydroxylation sites is 2. The van der Waals surface area contributed by atoms with E-state index in [2.05, 4.69) is 268 Å². The quantitative estimate of drug-likeness (QED) is 0.0531. The molecule has 0 fully saturated rings. The molecule has 0 radical (unpaired) electrons. The van der Waals surface area contributed by atoms with Crippen LogP contribution >= 0.6 is 45.3 Å². The Morgan fingerprint density at radius 2 is 0.750 bits per heavy atom. The fourth-order valence-corrected chi connectivity index (χ4v) is 21.0. The van der Waals surface area contributed by atoms with Crippen LogP contribution in [0, 0.1) is 91.9 Å². The fourth-order valence-electron chi connectivity index (χ4n) is 17.0. The number of hydrogen-bond acceptors (Lipinski definition) is 25. The van der Waals surface area contributed by atoms with Crippen LogP contribution in [0.3, 0.4) is 0 Å². The summed E-state index contributed by atoms with van der Waals surface area (Å²) in [5.41, 5.74) is 31.3. The van der Waals surface area contributed by atoms with Crippen molar-refractivity contribution in [1.29, 1.82) is 10.5 Å². The summed E-state index contributed by atoms with van der Waals surface area (Å²) in [7, 11) is -3.11. The van der Waals surface area contributed by atoms with Gasteiger partial charge in [0.1, 0.15) is 46.3 Å². The Bertz CT molecular complexity index is 7320. The third kappa shape index (κ3) is 19.4. The van der Waals surface area contributed by atoms with Gasteiger partial charge in [-0.1, -0.05) is 226 Å². The predicted molar refractivity (Wildman–Crippen MR) is 544 cm³/mol. The number of aryl methyl sites for hydroxylation is 14. The van der Waals surface area contributed by atoms with Gasteiger partial charge >= 0.3 is 10.6 Å². The normalized spacial score (nSPS) is 11.7. The number of pyridine rings is 2. The minimum absolute atomic E-state index is 0.320. The highest BCUT2D eigenvalue weighted by Gasteiger charge is 2.35. The molecule has 0 bridgehead atoms.